The van der Waals surface area contributed by atoms with E-state index in [1.807, 2.05) is 13.0 Å². The molecule has 1 aliphatic rings. The van der Waals surface area contributed by atoms with Crippen molar-refractivity contribution in [1.29, 1.82) is 0 Å². The quantitative estimate of drug-likeness (QED) is 0.544. The third kappa shape index (κ3) is 5.20. The highest BCUT2D eigenvalue weighted by Crippen LogP contribution is 2.19. The van der Waals surface area contributed by atoms with Gasteiger partial charge in [0.15, 0.2) is 0 Å². The van der Waals surface area contributed by atoms with E-state index in [9.17, 15) is 9.18 Å². The molecule has 0 radical (unpaired) electrons. The standard InChI is InChI=1S/C22H26FN7O2/c1-15-26-20(14-21(27-15)30-9-11-32-12-10-30)24-7-8-25-22(31)19-13-18(28-29(19)2)16-3-5-17(23)6-4-16/h3-6,13-14H,7-12H2,1-2H3,(H,25,31)(H,24,26,27). The summed E-state index contributed by atoms with van der Waals surface area (Å²) in [4.78, 5) is 23.7. The highest BCUT2D eigenvalue weighted by Gasteiger charge is 2.15. The maximum Gasteiger partial charge on any atom is 0.269 e. The Hall–Kier alpha value is -3.53. The van der Waals surface area contributed by atoms with Crippen LogP contribution in [0, 0.1) is 12.7 Å². The van der Waals surface area contributed by atoms with Gasteiger partial charge in [0, 0.05) is 44.9 Å². The van der Waals surface area contributed by atoms with Crippen LogP contribution >= 0.6 is 0 Å². The fourth-order valence-corrected chi connectivity index (χ4v) is 3.50. The van der Waals surface area contributed by atoms with Crippen LogP contribution in [0.3, 0.4) is 0 Å². The molecule has 9 nitrogen and oxygen atoms in total. The largest absolute Gasteiger partial charge is 0.378 e. The summed E-state index contributed by atoms with van der Waals surface area (Å²) in [5.41, 5.74) is 1.79. The fraction of sp³-hybridized carbons (Fsp3) is 0.364. The molecule has 0 spiro atoms. The lowest BCUT2D eigenvalue weighted by molar-refractivity contribution is 0.0945. The number of rotatable bonds is 7. The minimum Gasteiger partial charge on any atom is -0.378 e. The van der Waals surface area contributed by atoms with Crippen molar-refractivity contribution in [3.05, 3.63) is 53.7 Å². The van der Waals surface area contributed by atoms with Gasteiger partial charge in [-0.05, 0) is 37.3 Å². The van der Waals surface area contributed by atoms with Crippen molar-refractivity contribution in [2.45, 2.75) is 6.92 Å². The van der Waals surface area contributed by atoms with Gasteiger partial charge in [0.25, 0.3) is 5.91 Å². The van der Waals surface area contributed by atoms with Crippen LogP contribution in [0.2, 0.25) is 0 Å². The number of hydrogen-bond donors (Lipinski definition) is 2. The molecule has 32 heavy (non-hydrogen) atoms. The first-order valence-corrected chi connectivity index (χ1v) is 10.5. The van der Waals surface area contributed by atoms with E-state index in [0.29, 0.717) is 49.3 Å². The molecule has 3 heterocycles. The van der Waals surface area contributed by atoms with Gasteiger partial charge in [0.2, 0.25) is 0 Å². The summed E-state index contributed by atoms with van der Waals surface area (Å²) in [5, 5.41) is 10.5. The minimum atomic E-state index is -0.314. The maximum atomic E-state index is 13.1. The van der Waals surface area contributed by atoms with Crippen LogP contribution in [0.4, 0.5) is 16.0 Å². The summed E-state index contributed by atoms with van der Waals surface area (Å²) in [6.07, 6.45) is 0. The molecule has 0 aliphatic carbocycles. The predicted molar refractivity (Wildman–Crippen MR) is 119 cm³/mol. The Bertz CT molecular complexity index is 1080. The number of carbonyl (C=O) groups is 1. The average molecular weight is 439 g/mol. The smallest absolute Gasteiger partial charge is 0.269 e. The van der Waals surface area contributed by atoms with E-state index in [-0.39, 0.29) is 11.7 Å². The summed E-state index contributed by atoms with van der Waals surface area (Å²) < 4.78 is 20.1. The first-order chi connectivity index (χ1) is 15.5. The Morgan fingerprint density at radius 3 is 2.62 bits per heavy atom. The molecule has 0 unspecified atom stereocenters. The first-order valence-electron chi connectivity index (χ1n) is 10.5. The van der Waals surface area contributed by atoms with E-state index in [1.54, 1.807) is 25.2 Å². The van der Waals surface area contributed by atoms with Gasteiger partial charge in [0.05, 0.1) is 18.9 Å². The van der Waals surface area contributed by atoms with Crippen LogP contribution in [-0.2, 0) is 11.8 Å². The van der Waals surface area contributed by atoms with Gasteiger partial charge < -0.3 is 20.3 Å². The summed E-state index contributed by atoms with van der Waals surface area (Å²) >= 11 is 0. The van der Waals surface area contributed by atoms with E-state index in [0.717, 1.165) is 24.5 Å². The number of morpholine rings is 1. The number of ether oxygens (including phenoxy) is 1. The summed E-state index contributed by atoms with van der Waals surface area (Å²) in [6, 6.07) is 9.62. The highest BCUT2D eigenvalue weighted by atomic mass is 19.1. The molecule has 168 valence electrons. The van der Waals surface area contributed by atoms with Gasteiger partial charge in [-0.2, -0.15) is 5.10 Å². The normalized spacial score (nSPS) is 13.8. The van der Waals surface area contributed by atoms with Crippen molar-refractivity contribution in [3.8, 4) is 11.3 Å². The second-order valence-electron chi connectivity index (χ2n) is 7.49. The van der Waals surface area contributed by atoms with Crippen molar-refractivity contribution in [2.24, 2.45) is 7.05 Å². The molecule has 1 saturated heterocycles. The number of benzene rings is 1. The van der Waals surface area contributed by atoms with Gasteiger partial charge >= 0.3 is 0 Å². The lowest BCUT2D eigenvalue weighted by Gasteiger charge is -2.28. The van der Waals surface area contributed by atoms with Crippen molar-refractivity contribution < 1.29 is 13.9 Å². The Balaban J connectivity index is 1.32. The van der Waals surface area contributed by atoms with E-state index in [2.05, 4.69) is 30.6 Å². The van der Waals surface area contributed by atoms with Gasteiger partial charge in [-0.15, -0.1) is 0 Å². The molecule has 1 amide bonds. The molecule has 0 atom stereocenters. The van der Waals surface area contributed by atoms with Crippen LogP contribution in [0.1, 0.15) is 16.3 Å². The van der Waals surface area contributed by atoms with Crippen LogP contribution in [0.5, 0.6) is 0 Å². The molecule has 1 aliphatic heterocycles. The number of aromatic nitrogens is 4. The highest BCUT2D eigenvalue weighted by molar-refractivity contribution is 5.93. The fourth-order valence-electron chi connectivity index (χ4n) is 3.50. The lowest BCUT2D eigenvalue weighted by Crippen LogP contribution is -2.37. The predicted octanol–water partition coefficient (Wildman–Crippen LogP) is 2.00. The van der Waals surface area contributed by atoms with Crippen LogP contribution in [0.15, 0.2) is 36.4 Å². The van der Waals surface area contributed by atoms with Crippen LogP contribution in [-0.4, -0.2) is 65.0 Å². The zero-order valence-corrected chi connectivity index (χ0v) is 18.1. The maximum absolute atomic E-state index is 13.1. The summed E-state index contributed by atoms with van der Waals surface area (Å²) in [5.74, 6) is 1.72. The molecule has 0 saturated carbocycles. The zero-order valence-electron chi connectivity index (χ0n) is 18.1. The second kappa shape index (κ2) is 9.73. The van der Waals surface area contributed by atoms with E-state index < -0.39 is 0 Å². The Morgan fingerprint density at radius 1 is 1.12 bits per heavy atom. The van der Waals surface area contributed by atoms with E-state index >= 15 is 0 Å². The third-order valence-corrected chi connectivity index (χ3v) is 5.13. The Labute approximate surface area is 185 Å². The second-order valence-corrected chi connectivity index (χ2v) is 7.49. The topological polar surface area (TPSA) is 97.2 Å². The minimum absolute atomic E-state index is 0.233. The number of halogens is 1. The molecule has 4 rings (SSSR count). The SMILES string of the molecule is Cc1nc(NCCNC(=O)c2cc(-c3ccc(F)cc3)nn2C)cc(N2CCOCC2)n1. The molecular weight excluding hydrogens is 413 g/mol. The van der Waals surface area contributed by atoms with Crippen molar-refractivity contribution in [3.63, 3.8) is 0 Å². The number of hydrogen-bond acceptors (Lipinski definition) is 7. The molecule has 1 fully saturated rings. The monoisotopic (exact) mass is 439 g/mol. The van der Waals surface area contributed by atoms with Gasteiger partial charge in [-0.3, -0.25) is 9.48 Å². The molecule has 3 aromatic rings. The Morgan fingerprint density at radius 2 is 1.88 bits per heavy atom. The summed E-state index contributed by atoms with van der Waals surface area (Å²) in [6.45, 7) is 5.76. The first kappa shape index (κ1) is 21.7. The number of amides is 1. The number of nitrogens with one attached hydrogen (secondary N) is 2. The third-order valence-electron chi connectivity index (χ3n) is 5.13. The van der Waals surface area contributed by atoms with Crippen molar-refractivity contribution >= 4 is 17.5 Å². The molecule has 0 bridgehead atoms. The van der Waals surface area contributed by atoms with Gasteiger partial charge in [0.1, 0.15) is 29.0 Å². The Kier molecular flexibility index (Phi) is 6.60. The van der Waals surface area contributed by atoms with Crippen molar-refractivity contribution in [1.82, 2.24) is 25.1 Å². The molecule has 10 heteroatoms. The average Bonchev–Trinajstić information content (AvgIpc) is 3.19. The number of carbonyl (C=O) groups excluding carboxylic acids is 1. The molecule has 1 aromatic carbocycles. The molecule has 2 N–H and O–H groups in total. The van der Waals surface area contributed by atoms with Gasteiger partial charge in [-0.1, -0.05) is 0 Å². The van der Waals surface area contributed by atoms with Crippen molar-refractivity contribution in [2.75, 3.05) is 49.6 Å². The molecular formula is C22H26FN7O2. The lowest BCUT2D eigenvalue weighted by atomic mass is 10.1. The number of anilines is 2. The number of aryl methyl sites for hydroxylation is 2. The number of nitrogens with zero attached hydrogens (tertiary/aromatic N) is 5. The zero-order chi connectivity index (χ0) is 22.5. The summed E-state index contributed by atoms with van der Waals surface area (Å²) in [7, 11) is 1.71. The molecule has 2 aromatic heterocycles. The van der Waals surface area contributed by atoms with Gasteiger partial charge in [-0.25, -0.2) is 14.4 Å². The van der Waals surface area contributed by atoms with E-state index in [1.165, 1.54) is 16.8 Å². The van der Waals surface area contributed by atoms with Crippen LogP contribution < -0.4 is 15.5 Å². The van der Waals surface area contributed by atoms with Crippen LogP contribution in [0.25, 0.3) is 11.3 Å². The van der Waals surface area contributed by atoms with E-state index in [4.69, 9.17) is 4.74 Å².